The van der Waals surface area contributed by atoms with Crippen LogP contribution in [-0.2, 0) is 9.59 Å². The number of para-hydroxylation sites is 1. The largest absolute Gasteiger partial charge is 0.354 e. The lowest BCUT2D eigenvalue weighted by molar-refractivity contribution is -0.123. The Morgan fingerprint density at radius 3 is 2.79 bits per heavy atom. The molecule has 3 rings (SSSR count). The normalized spacial score (nSPS) is 23.0. The van der Waals surface area contributed by atoms with Gasteiger partial charge in [0.25, 0.3) is 0 Å². The standard InChI is InChI=1S/C22H34N4O2/c1-16(2)18-8-3-4-9-19(18)25-21(27)15-26-12-6-7-17(14-26)13-24-22(28)20-10-5-11-23-20/h3-4,8-9,16-17,20,23H,5-7,10-15H2,1-2H3,(H,24,28)(H,25,27). The number of likely N-dealkylation sites (tertiary alicyclic amines) is 1. The first kappa shape index (κ1) is 20.8. The number of amides is 2. The van der Waals surface area contributed by atoms with Gasteiger partial charge in [0.1, 0.15) is 0 Å². The zero-order valence-electron chi connectivity index (χ0n) is 17.2. The van der Waals surface area contributed by atoms with Crippen LogP contribution in [0.15, 0.2) is 24.3 Å². The molecule has 154 valence electrons. The summed E-state index contributed by atoms with van der Waals surface area (Å²) in [7, 11) is 0. The molecule has 2 aliphatic heterocycles. The molecule has 2 amide bonds. The molecule has 0 bridgehead atoms. The summed E-state index contributed by atoms with van der Waals surface area (Å²) in [5, 5.41) is 9.42. The van der Waals surface area contributed by atoms with Gasteiger partial charge in [-0.1, -0.05) is 32.0 Å². The van der Waals surface area contributed by atoms with Crippen molar-refractivity contribution in [2.75, 3.05) is 38.0 Å². The van der Waals surface area contributed by atoms with E-state index in [2.05, 4.69) is 40.8 Å². The van der Waals surface area contributed by atoms with Crippen molar-refractivity contribution in [1.29, 1.82) is 0 Å². The molecule has 6 nitrogen and oxygen atoms in total. The lowest BCUT2D eigenvalue weighted by atomic mass is 9.97. The van der Waals surface area contributed by atoms with Crippen molar-refractivity contribution >= 4 is 17.5 Å². The van der Waals surface area contributed by atoms with E-state index in [1.54, 1.807) is 0 Å². The maximum atomic E-state index is 12.6. The van der Waals surface area contributed by atoms with E-state index in [-0.39, 0.29) is 17.9 Å². The van der Waals surface area contributed by atoms with Crippen molar-refractivity contribution in [2.45, 2.75) is 51.5 Å². The van der Waals surface area contributed by atoms with Gasteiger partial charge in [-0.3, -0.25) is 14.5 Å². The Labute approximate surface area is 168 Å². The molecule has 0 aliphatic carbocycles. The van der Waals surface area contributed by atoms with Crippen LogP contribution in [0.3, 0.4) is 0 Å². The van der Waals surface area contributed by atoms with Crippen molar-refractivity contribution < 1.29 is 9.59 Å². The molecule has 0 saturated carbocycles. The summed E-state index contributed by atoms with van der Waals surface area (Å²) in [4.78, 5) is 27.0. The van der Waals surface area contributed by atoms with Crippen molar-refractivity contribution in [3.8, 4) is 0 Å². The van der Waals surface area contributed by atoms with Gasteiger partial charge in [-0.2, -0.15) is 0 Å². The Morgan fingerprint density at radius 1 is 1.21 bits per heavy atom. The molecule has 0 aromatic heterocycles. The van der Waals surface area contributed by atoms with Crippen LogP contribution in [0.4, 0.5) is 5.69 Å². The highest BCUT2D eigenvalue weighted by atomic mass is 16.2. The third kappa shape index (κ3) is 5.79. The molecule has 2 aliphatic rings. The van der Waals surface area contributed by atoms with Crippen molar-refractivity contribution in [2.24, 2.45) is 5.92 Å². The van der Waals surface area contributed by atoms with Gasteiger partial charge in [-0.25, -0.2) is 0 Å². The molecule has 0 spiro atoms. The highest BCUT2D eigenvalue weighted by molar-refractivity contribution is 5.93. The first-order valence-corrected chi connectivity index (χ1v) is 10.6. The van der Waals surface area contributed by atoms with E-state index in [1.807, 2.05) is 18.2 Å². The molecule has 28 heavy (non-hydrogen) atoms. The summed E-state index contributed by atoms with van der Waals surface area (Å²) in [6.45, 7) is 8.10. The number of hydrogen-bond donors (Lipinski definition) is 3. The number of rotatable bonds is 7. The van der Waals surface area contributed by atoms with Gasteiger partial charge in [-0.05, 0) is 62.2 Å². The maximum absolute atomic E-state index is 12.6. The fourth-order valence-electron chi connectivity index (χ4n) is 4.25. The van der Waals surface area contributed by atoms with Crippen LogP contribution in [0, 0.1) is 5.92 Å². The summed E-state index contributed by atoms with van der Waals surface area (Å²) in [6, 6.07) is 7.99. The number of nitrogens with zero attached hydrogens (tertiary/aromatic N) is 1. The number of hydrogen-bond acceptors (Lipinski definition) is 4. The Balaban J connectivity index is 1.45. The third-order valence-electron chi connectivity index (χ3n) is 5.77. The lowest BCUT2D eigenvalue weighted by Gasteiger charge is -2.32. The number of carbonyl (C=O) groups excluding carboxylic acids is 2. The number of nitrogens with one attached hydrogen (secondary N) is 3. The lowest BCUT2D eigenvalue weighted by Crippen LogP contribution is -2.46. The van der Waals surface area contributed by atoms with Crippen LogP contribution in [0.2, 0.25) is 0 Å². The van der Waals surface area contributed by atoms with Crippen molar-refractivity contribution in [1.82, 2.24) is 15.5 Å². The summed E-state index contributed by atoms with van der Waals surface area (Å²) < 4.78 is 0. The second kappa shape index (κ2) is 10.0. The molecular formula is C22H34N4O2. The zero-order chi connectivity index (χ0) is 19.9. The van der Waals surface area contributed by atoms with E-state index < -0.39 is 0 Å². The number of carbonyl (C=O) groups is 2. The first-order chi connectivity index (χ1) is 13.5. The van der Waals surface area contributed by atoms with E-state index >= 15 is 0 Å². The highest BCUT2D eigenvalue weighted by Crippen LogP contribution is 2.24. The predicted octanol–water partition coefficient (Wildman–Crippen LogP) is 2.33. The predicted molar refractivity (Wildman–Crippen MR) is 112 cm³/mol. The van der Waals surface area contributed by atoms with Gasteiger partial charge in [-0.15, -0.1) is 0 Å². The van der Waals surface area contributed by atoms with Gasteiger partial charge in [0, 0.05) is 18.8 Å². The smallest absolute Gasteiger partial charge is 0.238 e. The monoisotopic (exact) mass is 386 g/mol. The van der Waals surface area contributed by atoms with Gasteiger partial charge in [0.2, 0.25) is 11.8 Å². The number of benzene rings is 1. The van der Waals surface area contributed by atoms with Crippen LogP contribution in [0.25, 0.3) is 0 Å². The van der Waals surface area contributed by atoms with Gasteiger partial charge in [0.05, 0.1) is 12.6 Å². The minimum atomic E-state index is -0.0218. The summed E-state index contributed by atoms with van der Waals surface area (Å²) in [5.41, 5.74) is 2.07. The van der Waals surface area contributed by atoms with Gasteiger partial charge in [0.15, 0.2) is 0 Å². The maximum Gasteiger partial charge on any atom is 0.238 e. The van der Waals surface area contributed by atoms with E-state index in [0.717, 1.165) is 56.6 Å². The van der Waals surface area contributed by atoms with E-state index in [0.29, 0.717) is 24.9 Å². The van der Waals surface area contributed by atoms with Crippen LogP contribution in [-0.4, -0.2) is 55.5 Å². The average molecular weight is 387 g/mol. The fraction of sp³-hybridized carbons (Fsp3) is 0.636. The van der Waals surface area contributed by atoms with E-state index in [9.17, 15) is 9.59 Å². The average Bonchev–Trinajstić information content (AvgIpc) is 3.21. The molecule has 2 saturated heterocycles. The summed E-state index contributed by atoms with van der Waals surface area (Å²) in [5.74, 6) is 0.939. The minimum absolute atomic E-state index is 0.0218. The summed E-state index contributed by atoms with van der Waals surface area (Å²) in [6.07, 6.45) is 4.18. The van der Waals surface area contributed by atoms with Crippen LogP contribution in [0.1, 0.15) is 51.0 Å². The molecule has 2 atom stereocenters. The molecule has 2 fully saturated rings. The molecule has 6 heteroatoms. The Hall–Kier alpha value is -1.92. The second-order valence-electron chi connectivity index (χ2n) is 8.43. The molecule has 2 heterocycles. The molecule has 2 unspecified atom stereocenters. The zero-order valence-corrected chi connectivity index (χ0v) is 17.2. The minimum Gasteiger partial charge on any atom is -0.354 e. The van der Waals surface area contributed by atoms with Crippen molar-refractivity contribution in [3.05, 3.63) is 29.8 Å². The van der Waals surface area contributed by atoms with Gasteiger partial charge >= 0.3 is 0 Å². The third-order valence-corrected chi connectivity index (χ3v) is 5.77. The molecule has 0 radical (unpaired) electrons. The molecule has 1 aromatic rings. The van der Waals surface area contributed by atoms with Crippen molar-refractivity contribution in [3.63, 3.8) is 0 Å². The Morgan fingerprint density at radius 2 is 2.04 bits per heavy atom. The van der Waals surface area contributed by atoms with Crippen LogP contribution >= 0.6 is 0 Å². The number of piperidine rings is 1. The van der Waals surface area contributed by atoms with Crippen LogP contribution in [0.5, 0.6) is 0 Å². The fourth-order valence-corrected chi connectivity index (χ4v) is 4.25. The van der Waals surface area contributed by atoms with Gasteiger partial charge < -0.3 is 16.0 Å². The topological polar surface area (TPSA) is 73.5 Å². The first-order valence-electron chi connectivity index (χ1n) is 10.6. The van der Waals surface area contributed by atoms with E-state index in [4.69, 9.17) is 0 Å². The number of anilines is 1. The second-order valence-corrected chi connectivity index (χ2v) is 8.43. The SMILES string of the molecule is CC(C)c1ccccc1NC(=O)CN1CCCC(CNC(=O)C2CCCN2)C1. The van der Waals surface area contributed by atoms with Crippen LogP contribution < -0.4 is 16.0 Å². The molecule has 1 aromatic carbocycles. The molecular weight excluding hydrogens is 352 g/mol. The summed E-state index contributed by atoms with van der Waals surface area (Å²) >= 11 is 0. The highest BCUT2D eigenvalue weighted by Gasteiger charge is 2.25. The quantitative estimate of drug-likeness (QED) is 0.672. The molecule has 3 N–H and O–H groups in total. The Kier molecular flexibility index (Phi) is 7.45. The van der Waals surface area contributed by atoms with E-state index in [1.165, 1.54) is 0 Å². The Bertz CT molecular complexity index is 670.